The number of hydrogen-bond acceptors (Lipinski definition) is 13. The van der Waals surface area contributed by atoms with E-state index in [1.165, 1.54) is 12.5 Å². The number of aliphatic hydroxyl groups is 7. The van der Waals surface area contributed by atoms with Crippen molar-refractivity contribution < 1.29 is 64.2 Å². The molecule has 57 heavy (non-hydrogen) atoms. The number of fused-ring (bicyclic) bond motifs is 5. The lowest BCUT2D eigenvalue weighted by atomic mass is 9.34. The Labute approximate surface area is 339 Å². The second-order valence-electron chi connectivity index (χ2n) is 20.8. The summed E-state index contributed by atoms with van der Waals surface area (Å²) in [5.74, 6) is -0.651. The Bertz CT molecular complexity index is 1480. The molecule has 0 spiro atoms. The number of ether oxygens (including phenoxy) is 5. The van der Waals surface area contributed by atoms with Crippen LogP contribution in [0.15, 0.2) is 11.6 Å². The molecule has 0 aromatic carbocycles. The minimum absolute atomic E-state index is 0.0185. The maximum absolute atomic E-state index is 12.8. The van der Waals surface area contributed by atoms with Gasteiger partial charge in [-0.1, -0.05) is 46.3 Å². The van der Waals surface area contributed by atoms with Crippen molar-refractivity contribution in [2.75, 3.05) is 0 Å². The summed E-state index contributed by atoms with van der Waals surface area (Å²) in [7, 11) is 0. The first kappa shape index (κ1) is 45.3. The third kappa shape index (κ3) is 7.59. The quantitative estimate of drug-likeness (QED) is 0.101. The molecular formula is C44H74O13. The normalized spacial score (nSPS) is 51.8. The fraction of sp³-hybridized carbons (Fsp3) is 0.932. The standard InChI is InChI=1S/C44H74O13/c1-21(2)13-12-16-44(11,52)25-14-17-42(9)26(25)19-27(56-38-34(50)32(48)30(46)22(3)53-38)36-41(8)20-28(57-39-35(51)33(49)31(47)23(4)54-39)37(55-24(5)45)40(6,7)29(41)15-18-43(36,42)10/h13,22-23,25-39,46-52H,12,14-20H2,1-11H3/t22-,23-,25+,26-,27-,28-,29+,30+,31+,32+,33+,34-,35-,36-,37-,38+,39+,41+,42-,43-,44-/m1/s1. The smallest absolute Gasteiger partial charge is 0.303 e. The Morgan fingerprint density at radius 2 is 1.30 bits per heavy atom. The summed E-state index contributed by atoms with van der Waals surface area (Å²) in [5.41, 5.74) is -1.58. The van der Waals surface area contributed by atoms with Crippen LogP contribution in [0.4, 0.5) is 0 Å². The van der Waals surface area contributed by atoms with Crippen LogP contribution < -0.4 is 0 Å². The Hall–Kier alpha value is -1.23. The molecule has 6 rings (SSSR count). The molecule has 4 aliphatic carbocycles. The van der Waals surface area contributed by atoms with Crippen LogP contribution in [0.25, 0.3) is 0 Å². The molecule has 4 saturated carbocycles. The second-order valence-corrected chi connectivity index (χ2v) is 20.8. The number of carbonyl (C=O) groups excluding carboxylic acids is 1. The van der Waals surface area contributed by atoms with Gasteiger partial charge in [0.1, 0.15) is 42.7 Å². The number of rotatable bonds is 9. The summed E-state index contributed by atoms with van der Waals surface area (Å²) in [6.07, 6.45) is -7.00. The molecule has 21 atom stereocenters. The van der Waals surface area contributed by atoms with Gasteiger partial charge in [0.25, 0.3) is 0 Å². The van der Waals surface area contributed by atoms with Gasteiger partial charge in [-0.05, 0) is 126 Å². The van der Waals surface area contributed by atoms with Crippen molar-refractivity contribution in [3.63, 3.8) is 0 Å². The van der Waals surface area contributed by atoms with E-state index in [1.807, 2.05) is 6.92 Å². The molecule has 0 amide bonds. The highest BCUT2D eigenvalue weighted by atomic mass is 16.7. The van der Waals surface area contributed by atoms with Gasteiger partial charge >= 0.3 is 5.97 Å². The minimum atomic E-state index is -1.56. The number of carbonyl (C=O) groups is 1. The molecule has 2 saturated heterocycles. The van der Waals surface area contributed by atoms with E-state index < -0.39 is 102 Å². The van der Waals surface area contributed by atoms with Crippen LogP contribution in [0.2, 0.25) is 0 Å². The average molecular weight is 811 g/mol. The summed E-state index contributed by atoms with van der Waals surface area (Å²) in [6, 6.07) is 0. The first-order valence-electron chi connectivity index (χ1n) is 21.5. The summed E-state index contributed by atoms with van der Waals surface area (Å²) in [6.45, 7) is 21.9. The molecule has 6 fully saturated rings. The van der Waals surface area contributed by atoms with Gasteiger partial charge in [-0.2, -0.15) is 0 Å². The summed E-state index contributed by atoms with van der Waals surface area (Å²) >= 11 is 0. The van der Waals surface area contributed by atoms with Crippen LogP contribution in [0.3, 0.4) is 0 Å². The molecule has 328 valence electrons. The van der Waals surface area contributed by atoms with Crippen LogP contribution in [-0.4, -0.2) is 127 Å². The average Bonchev–Trinajstić information content (AvgIpc) is 3.47. The van der Waals surface area contributed by atoms with E-state index in [0.717, 1.165) is 32.1 Å². The van der Waals surface area contributed by atoms with Gasteiger partial charge in [0, 0.05) is 12.3 Å². The highest BCUT2D eigenvalue weighted by Gasteiger charge is 2.74. The Kier molecular flexibility index (Phi) is 12.6. The lowest BCUT2D eigenvalue weighted by Gasteiger charge is -2.72. The van der Waals surface area contributed by atoms with E-state index in [1.54, 1.807) is 13.8 Å². The Balaban J connectivity index is 1.44. The number of allylic oxidation sites excluding steroid dienone is 2. The van der Waals surface area contributed by atoms with Gasteiger partial charge in [0.05, 0.1) is 30.0 Å². The predicted molar refractivity (Wildman–Crippen MR) is 209 cm³/mol. The van der Waals surface area contributed by atoms with Gasteiger partial charge in [-0.3, -0.25) is 4.79 Å². The van der Waals surface area contributed by atoms with Crippen LogP contribution in [0, 0.1) is 45.3 Å². The molecule has 2 heterocycles. The lowest BCUT2D eigenvalue weighted by molar-refractivity contribution is -0.352. The Morgan fingerprint density at radius 3 is 1.82 bits per heavy atom. The molecule has 6 aliphatic rings. The van der Waals surface area contributed by atoms with Crippen LogP contribution in [0.1, 0.15) is 128 Å². The lowest BCUT2D eigenvalue weighted by Crippen LogP contribution is -2.71. The Morgan fingerprint density at radius 1 is 0.772 bits per heavy atom. The molecule has 0 bridgehead atoms. The SMILES string of the molecule is CC(=O)O[C@@H]1[C@H](O[C@@H]2O[C@H](C)[C@H](O)[C@H](O)[C@H]2O)C[C@]2(C)[C@H]3[C@H](O[C@@H]4O[C@H](C)[C@H](O)[C@H](O)[C@H]4O)C[C@@H]4[C@@H]([C@](C)(O)CCC=C(C)C)CC[C@@]4(C)[C@]3(C)CC[C@H]2C1(C)C. The van der Waals surface area contributed by atoms with Crippen molar-refractivity contribution in [3.8, 4) is 0 Å². The second kappa shape index (κ2) is 15.9. The monoisotopic (exact) mass is 811 g/mol. The van der Waals surface area contributed by atoms with Crippen molar-refractivity contribution in [1.82, 2.24) is 0 Å². The van der Waals surface area contributed by atoms with Crippen molar-refractivity contribution in [2.45, 2.75) is 213 Å². The summed E-state index contributed by atoms with van der Waals surface area (Å²) in [4.78, 5) is 12.8. The zero-order chi connectivity index (χ0) is 42.4. The third-order valence-electron chi connectivity index (χ3n) is 16.7. The zero-order valence-corrected chi connectivity index (χ0v) is 36.1. The first-order valence-corrected chi connectivity index (χ1v) is 21.5. The maximum atomic E-state index is 12.8. The molecule has 2 aliphatic heterocycles. The number of hydrogen-bond donors (Lipinski definition) is 7. The van der Waals surface area contributed by atoms with Crippen LogP contribution in [-0.2, 0) is 28.5 Å². The zero-order valence-electron chi connectivity index (χ0n) is 36.1. The van der Waals surface area contributed by atoms with E-state index in [-0.39, 0.29) is 34.5 Å². The van der Waals surface area contributed by atoms with Crippen molar-refractivity contribution >= 4 is 5.97 Å². The van der Waals surface area contributed by atoms with Gasteiger partial charge in [-0.25, -0.2) is 0 Å². The van der Waals surface area contributed by atoms with E-state index in [2.05, 4.69) is 54.5 Å². The van der Waals surface area contributed by atoms with Crippen molar-refractivity contribution in [1.29, 1.82) is 0 Å². The van der Waals surface area contributed by atoms with E-state index in [9.17, 15) is 40.5 Å². The molecule has 13 nitrogen and oxygen atoms in total. The fourth-order valence-electron chi connectivity index (χ4n) is 13.7. The molecule has 13 heteroatoms. The van der Waals surface area contributed by atoms with E-state index >= 15 is 0 Å². The van der Waals surface area contributed by atoms with Gasteiger partial charge in [-0.15, -0.1) is 0 Å². The van der Waals surface area contributed by atoms with Gasteiger partial charge in [0.15, 0.2) is 12.6 Å². The van der Waals surface area contributed by atoms with Gasteiger partial charge < -0.3 is 59.4 Å². The third-order valence-corrected chi connectivity index (χ3v) is 16.7. The molecule has 0 aromatic rings. The number of aliphatic hydroxyl groups excluding tert-OH is 6. The van der Waals surface area contributed by atoms with Crippen LogP contribution in [0.5, 0.6) is 0 Å². The molecule has 7 N–H and O–H groups in total. The minimum Gasteiger partial charge on any atom is -0.459 e. The fourth-order valence-corrected chi connectivity index (χ4v) is 13.7. The summed E-state index contributed by atoms with van der Waals surface area (Å²) in [5, 5.41) is 77.4. The maximum Gasteiger partial charge on any atom is 0.303 e. The van der Waals surface area contributed by atoms with E-state index in [0.29, 0.717) is 19.3 Å². The molecule has 0 radical (unpaired) electrons. The topological polar surface area (TPSA) is 205 Å². The molecular weight excluding hydrogens is 736 g/mol. The summed E-state index contributed by atoms with van der Waals surface area (Å²) < 4.78 is 31.9. The highest BCUT2D eigenvalue weighted by Crippen LogP contribution is 2.76. The predicted octanol–water partition coefficient (Wildman–Crippen LogP) is 3.75. The van der Waals surface area contributed by atoms with Gasteiger partial charge in [0.2, 0.25) is 0 Å². The highest BCUT2D eigenvalue weighted by molar-refractivity contribution is 5.66. The number of esters is 1. The van der Waals surface area contributed by atoms with E-state index in [4.69, 9.17) is 23.7 Å². The molecule has 0 unspecified atom stereocenters. The largest absolute Gasteiger partial charge is 0.459 e. The van der Waals surface area contributed by atoms with Crippen molar-refractivity contribution in [2.24, 2.45) is 45.3 Å². The van der Waals surface area contributed by atoms with Crippen molar-refractivity contribution in [3.05, 3.63) is 11.6 Å². The van der Waals surface area contributed by atoms with Crippen LogP contribution >= 0.6 is 0 Å². The first-order chi connectivity index (χ1) is 26.3. The molecule has 0 aromatic heterocycles.